The second-order valence-electron chi connectivity index (χ2n) is 7.02. The van der Waals surface area contributed by atoms with Crippen molar-refractivity contribution in [2.75, 3.05) is 20.1 Å². The molecule has 3 unspecified atom stereocenters. The minimum Gasteiger partial charge on any atom is -0.355 e. The first-order chi connectivity index (χ1) is 9.85. The molecule has 1 rings (SSSR count). The van der Waals surface area contributed by atoms with Crippen LogP contribution in [0.25, 0.3) is 0 Å². The molecule has 3 atom stereocenters. The highest BCUT2D eigenvalue weighted by molar-refractivity contribution is 5.77. The van der Waals surface area contributed by atoms with Crippen molar-refractivity contribution in [2.24, 2.45) is 17.3 Å². The Kier molecular flexibility index (Phi) is 6.67. The lowest BCUT2D eigenvalue weighted by atomic mass is 9.66. The first-order valence-corrected chi connectivity index (χ1v) is 8.22. The van der Waals surface area contributed by atoms with Crippen LogP contribution in [0.4, 0.5) is 0 Å². The predicted octanol–water partition coefficient (Wildman–Crippen LogP) is 2.80. The molecule has 1 saturated carbocycles. The summed E-state index contributed by atoms with van der Waals surface area (Å²) in [5.41, 5.74) is 0.311. The van der Waals surface area contributed by atoms with Crippen molar-refractivity contribution in [1.29, 1.82) is 5.26 Å². The lowest BCUT2D eigenvalue weighted by molar-refractivity contribution is -0.122. The number of likely N-dealkylation sites (N-methyl/N-ethyl adjacent to an activating group) is 2. The fourth-order valence-corrected chi connectivity index (χ4v) is 3.38. The Morgan fingerprint density at radius 2 is 2.05 bits per heavy atom. The number of carbonyl (C=O) groups excluding carboxylic acids is 1. The van der Waals surface area contributed by atoms with Gasteiger partial charge in [0.1, 0.15) is 0 Å². The highest BCUT2D eigenvalue weighted by Crippen LogP contribution is 2.43. The SMILES string of the molecule is CCNC(=O)CN(C)C1CC(C(C)(C)CC)CCC1C#N. The summed E-state index contributed by atoms with van der Waals surface area (Å²) in [6.45, 7) is 9.86. The van der Waals surface area contributed by atoms with Gasteiger partial charge in [0.25, 0.3) is 0 Å². The van der Waals surface area contributed by atoms with Crippen LogP contribution >= 0.6 is 0 Å². The largest absolute Gasteiger partial charge is 0.355 e. The monoisotopic (exact) mass is 293 g/mol. The number of nitriles is 1. The van der Waals surface area contributed by atoms with E-state index >= 15 is 0 Å². The van der Waals surface area contributed by atoms with Crippen molar-refractivity contribution < 1.29 is 4.79 Å². The molecule has 1 aliphatic rings. The summed E-state index contributed by atoms with van der Waals surface area (Å²) in [6, 6.07) is 2.65. The number of amides is 1. The van der Waals surface area contributed by atoms with Crippen molar-refractivity contribution >= 4 is 5.91 Å². The number of nitrogens with zero attached hydrogens (tertiary/aromatic N) is 2. The van der Waals surface area contributed by atoms with Crippen LogP contribution in [0, 0.1) is 28.6 Å². The molecule has 0 radical (unpaired) electrons. The molecule has 0 bridgehead atoms. The molecule has 1 N–H and O–H groups in total. The number of hydrogen-bond acceptors (Lipinski definition) is 3. The molecule has 1 amide bonds. The van der Waals surface area contributed by atoms with Crippen LogP contribution in [0.5, 0.6) is 0 Å². The van der Waals surface area contributed by atoms with Gasteiger partial charge >= 0.3 is 0 Å². The van der Waals surface area contributed by atoms with Gasteiger partial charge < -0.3 is 5.32 Å². The van der Waals surface area contributed by atoms with Crippen LogP contribution in [0.3, 0.4) is 0 Å². The summed E-state index contributed by atoms with van der Waals surface area (Å²) < 4.78 is 0. The molecule has 21 heavy (non-hydrogen) atoms. The van der Waals surface area contributed by atoms with E-state index in [-0.39, 0.29) is 17.9 Å². The third-order valence-electron chi connectivity index (χ3n) is 5.33. The Morgan fingerprint density at radius 3 is 2.57 bits per heavy atom. The molecule has 0 heterocycles. The Hall–Kier alpha value is -1.08. The van der Waals surface area contributed by atoms with Crippen molar-refractivity contribution in [3.05, 3.63) is 0 Å². The predicted molar refractivity (Wildman–Crippen MR) is 85.6 cm³/mol. The maximum atomic E-state index is 11.8. The van der Waals surface area contributed by atoms with E-state index in [4.69, 9.17) is 0 Å². The van der Waals surface area contributed by atoms with Gasteiger partial charge in [0.05, 0.1) is 18.5 Å². The second-order valence-corrected chi connectivity index (χ2v) is 7.02. The lowest BCUT2D eigenvalue weighted by Crippen LogP contribution is -2.48. The minimum atomic E-state index is 0.0494. The van der Waals surface area contributed by atoms with Gasteiger partial charge in [-0.2, -0.15) is 5.26 Å². The molecule has 1 fully saturated rings. The van der Waals surface area contributed by atoms with E-state index in [1.54, 1.807) is 0 Å². The molecule has 0 aromatic heterocycles. The normalized spacial score (nSPS) is 26.4. The third-order valence-corrected chi connectivity index (χ3v) is 5.33. The van der Waals surface area contributed by atoms with E-state index in [1.165, 1.54) is 0 Å². The topological polar surface area (TPSA) is 56.1 Å². The zero-order valence-corrected chi connectivity index (χ0v) is 14.3. The van der Waals surface area contributed by atoms with Gasteiger partial charge in [-0.15, -0.1) is 0 Å². The molecular formula is C17H31N3O. The van der Waals surface area contributed by atoms with E-state index in [9.17, 15) is 10.1 Å². The van der Waals surface area contributed by atoms with Gasteiger partial charge in [-0.3, -0.25) is 9.69 Å². The molecule has 0 aromatic carbocycles. The highest BCUT2D eigenvalue weighted by Gasteiger charge is 2.39. The molecule has 1 aliphatic carbocycles. The van der Waals surface area contributed by atoms with Crippen LogP contribution in [-0.2, 0) is 4.79 Å². The Morgan fingerprint density at radius 1 is 1.38 bits per heavy atom. The molecule has 4 nitrogen and oxygen atoms in total. The fourth-order valence-electron chi connectivity index (χ4n) is 3.38. The summed E-state index contributed by atoms with van der Waals surface area (Å²) in [4.78, 5) is 13.9. The fraction of sp³-hybridized carbons (Fsp3) is 0.882. The molecule has 0 aromatic rings. The van der Waals surface area contributed by atoms with Gasteiger partial charge in [0, 0.05) is 12.6 Å². The molecule has 0 spiro atoms. The summed E-state index contributed by atoms with van der Waals surface area (Å²) in [6.07, 6.45) is 4.26. The van der Waals surface area contributed by atoms with Crippen molar-refractivity contribution in [1.82, 2.24) is 10.2 Å². The molecular weight excluding hydrogens is 262 g/mol. The van der Waals surface area contributed by atoms with Gasteiger partial charge in [0.15, 0.2) is 0 Å². The lowest BCUT2D eigenvalue weighted by Gasteiger charge is -2.44. The zero-order chi connectivity index (χ0) is 16.0. The molecule has 4 heteroatoms. The number of nitrogens with one attached hydrogen (secondary N) is 1. The highest BCUT2D eigenvalue weighted by atomic mass is 16.2. The van der Waals surface area contributed by atoms with E-state index < -0.39 is 0 Å². The first kappa shape index (κ1) is 18.0. The van der Waals surface area contributed by atoms with E-state index in [1.807, 2.05) is 14.0 Å². The minimum absolute atomic E-state index is 0.0494. The van der Waals surface area contributed by atoms with Gasteiger partial charge in [-0.1, -0.05) is 27.2 Å². The number of hydrogen-bond donors (Lipinski definition) is 1. The third kappa shape index (κ3) is 4.71. The number of rotatable bonds is 6. The van der Waals surface area contributed by atoms with Crippen LogP contribution < -0.4 is 5.32 Å². The van der Waals surface area contributed by atoms with Crippen LogP contribution in [0.1, 0.15) is 53.4 Å². The summed E-state index contributed by atoms with van der Waals surface area (Å²) in [5.74, 6) is 0.732. The van der Waals surface area contributed by atoms with Crippen LogP contribution in [-0.4, -0.2) is 37.0 Å². The maximum Gasteiger partial charge on any atom is 0.234 e. The van der Waals surface area contributed by atoms with Crippen LogP contribution in [0.15, 0.2) is 0 Å². The number of carbonyl (C=O) groups is 1. The van der Waals surface area contributed by atoms with Crippen molar-refractivity contribution in [3.63, 3.8) is 0 Å². The zero-order valence-electron chi connectivity index (χ0n) is 14.3. The Bertz CT molecular complexity index is 386. The maximum absolute atomic E-state index is 11.8. The van der Waals surface area contributed by atoms with Crippen LogP contribution in [0.2, 0.25) is 0 Å². The Balaban J connectivity index is 2.75. The standard InChI is InChI=1S/C17H31N3O/c1-6-17(3,4)14-9-8-13(11-18)15(10-14)20(5)12-16(21)19-7-2/h13-15H,6-10,12H2,1-5H3,(H,19,21). The van der Waals surface area contributed by atoms with Crippen molar-refractivity contribution in [2.45, 2.75) is 59.4 Å². The second kappa shape index (κ2) is 7.79. The summed E-state index contributed by atoms with van der Waals surface area (Å²) >= 11 is 0. The van der Waals surface area contributed by atoms with Gasteiger partial charge in [-0.05, 0) is 44.6 Å². The quantitative estimate of drug-likeness (QED) is 0.819. The van der Waals surface area contributed by atoms with Gasteiger partial charge in [0.2, 0.25) is 5.91 Å². The van der Waals surface area contributed by atoms with E-state index in [0.29, 0.717) is 24.4 Å². The van der Waals surface area contributed by atoms with E-state index in [0.717, 1.165) is 25.7 Å². The molecule has 0 saturated heterocycles. The molecule has 0 aliphatic heterocycles. The smallest absolute Gasteiger partial charge is 0.234 e. The average Bonchev–Trinajstić information content (AvgIpc) is 2.46. The average molecular weight is 293 g/mol. The summed E-state index contributed by atoms with van der Waals surface area (Å²) in [7, 11) is 1.98. The first-order valence-electron chi connectivity index (χ1n) is 8.22. The Labute approximate surface area is 129 Å². The van der Waals surface area contributed by atoms with E-state index in [2.05, 4.69) is 37.1 Å². The molecule has 120 valence electrons. The van der Waals surface area contributed by atoms with Gasteiger partial charge in [-0.25, -0.2) is 0 Å². The van der Waals surface area contributed by atoms with Crippen molar-refractivity contribution in [3.8, 4) is 6.07 Å². The summed E-state index contributed by atoms with van der Waals surface area (Å²) in [5, 5.41) is 12.3.